The third kappa shape index (κ3) is 6.58. The van der Waals surface area contributed by atoms with E-state index < -0.39 is 0 Å². The van der Waals surface area contributed by atoms with Crippen LogP contribution in [0.4, 0.5) is 0 Å². The van der Waals surface area contributed by atoms with Crippen LogP contribution in [0.15, 0.2) is 93.8 Å². The summed E-state index contributed by atoms with van der Waals surface area (Å²) in [5.41, 5.74) is 5.15. The Bertz CT molecular complexity index is 1450. The second-order valence-corrected chi connectivity index (χ2v) is 8.86. The summed E-state index contributed by atoms with van der Waals surface area (Å²) in [7, 11) is 0. The van der Waals surface area contributed by atoms with Crippen molar-refractivity contribution in [2.75, 3.05) is 0 Å². The minimum Gasteiger partial charge on any atom is -1.00 e. The van der Waals surface area contributed by atoms with Crippen LogP contribution in [0.25, 0.3) is 44.2 Å². The number of rotatable bonds is 4. The van der Waals surface area contributed by atoms with E-state index in [1.807, 2.05) is 38.1 Å². The van der Waals surface area contributed by atoms with Gasteiger partial charge in [0.2, 0.25) is 0 Å². The molecule has 0 saturated heterocycles. The molecule has 5 heteroatoms. The quantitative estimate of drug-likeness (QED) is 0.287. The Hall–Kier alpha value is -2.32. The SMILES string of the molecule is CCc1cccc2[cH-]c(-c3ccc(C)o3)cc12.CCc1cccc2[cH-]c(-c3ccc(C)o3)cc12.[Cl-].[Cl-].[Zr+4]. The molecule has 6 aromatic rings. The van der Waals surface area contributed by atoms with Crippen LogP contribution in [0, 0.1) is 13.8 Å². The van der Waals surface area contributed by atoms with E-state index in [1.165, 1.54) is 43.8 Å². The number of fused-ring (bicyclic) bond motifs is 2. The molecule has 2 aromatic heterocycles. The van der Waals surface area contributed by atoms with Gasteiger partial charge < -0.3 is 33.6 Å². The fraction of sp³-hybridized carbons (Fsp3) is 0.188. The first-order chi connectivity index (χ1) is 16.6. The molecule has 4 aromatic carbocycles. The van der Waals surface area contributed by atoms with Gasteiger partial charge in [-0.25, -0.2) is 0 Å². The van der Waals surface area contributed by atoms with Crippen molar-refractivity contribution in [3.8, 4) is 22.6 Å². The molecule has 0 aliphatic rings. The van der Waals surface area contributed by atoms with Crippen molar-refractivity contribution in [2.24, 2.45) is 0 Å². The molecule has 6 rings (SSSR count). The van der Waals surface area contributed by atoms with Crippen molar-refractivity contribution < 1.29 is 59.9 Å². The first-order valence-corrected chi connectivity index (χ1v) is 12.1. The molecule has 0 aliphatic heterocycles. The van der Waals surface area contributed by atoms with Crippen molar-refractivity contribution in [1.82, 2.24) is 0 Å². The van der Waals surface area contributed by atoms with E-state index >= 15 is 0 Å². The average molecular weight is 609 g/mol. The third-order valence-electron chi connectivity index (χ3n) is 6.49. The largest absolute Gasteiger partial charge is 4.00 e. The molecular weight excluding hydrogens is 578 g/mol. The summed E-state index contributed by atoms with van der Waals surface area (Å²) in [4.78, 5) is 0. The van der Waals surface area contributed by atoms with Gasteiger partial charge in [0.15, 0.2) is 0 Å². The molecule has 37 heavy (non-hydrogen) atoms. The summed E-state index contributed by atoms with van der Waals surface area (Å²) in [5.74, 6) is 3.84. The van der Waals surface area contributed by atoms with E-state index in [9.17, 15) is 0 Å². The van der Waals surface area contributed by atoms with E-state index in [4.69, 9.17) is 8.83 Å². The molecule has 0 N–H and O–H groups in total. The Labute approximate surface area is 250 Å². The van der Waals surface area contributed by atoms with Gasteiger partial charge in [0.05, 0.1) is 23.0 Å². The van der Waals surface area contributed by atoms with Gasteiger partial charge in [0.25, 0.3) is 0 Å². The Morgan fingerprint density at radius 1 is 0.595 bits per heavy atom. The van der Waals surface area contributed by atoms with Crippen LogP contribution in [0.5, 0.6) is 0 Å². The average Bonchev–Trinajstić information content (AvgIpc) is 3.63. The molecule has 188 valence electrons. The first-order valence-electron chi connectivity index (χ1n) is 12.1. The molecule has 0 radical (unpaired) electrons. The topological polar surface area (TPSA) is 26.3 Å². The molecule has 0 unspecified atom stereocenters. The normalized spacial score (nSPS) is 10.3. The van der Waals surface area contributed by atoms with Crippen LogP contribution in [0.2, 0.25) is 0 Å². The predicted octanol–water partition coefficient (Wildman–Crippen LogP) is 3.38. The maximum Gasteiger partial charge on any atom is 4.00 e. The van der Waals surface area contributed by atoms with Gasteiger partial charge in [-0.1, -0.05) is 60.4 Å². The Morgan fingerprint density at radius 3 is 1.32 bits per heavy atom. The van der Waals surface area contributed by atoms with E-state index in [0.29, 0.717) is 0 Å². The second kappa shape index (κ2) is 13.5. The number of hydrogen-bond acceptors (Lipinski definition) is 2. The first kappa shape index (κ1) is 30.9. The molecule has 0 atom stereocenters. The minimum atomic E-state index is 0. The van der Waals surface area contributed by atoms with Crippen molar-refractivity contribution in [2.45, 2.75) is 40.5 Å². The Kier molecular flexibility index (Phi) is 11.3. The van der Waals surface area contributed by atoms with Crippen LogP contribution >= 0.6 is 0 Å². The molecule has 0 aliphatic carbocycles. The van der Waals surface area contributed by atoms with Crippen LogP contribution < -0.4 is 24.8 Å². The number of hydrogen-bond donors (Lipinski definition) is 0. The third-order valence-corrected chi connectivity index (χ3v) is 6.49. The zero-order valence-corrected chi connectivity index (χ0v) is 25.5. The van der Waals surface area contributed by atoms with Gasteiger partial charge in [0.1, 0.15) is 0 Å². The van der Waals surface area contributed by atoms with Crippen molar-refractivity contribution in [3.05, 3.63) is 108 Å². The zero-order valence-electron chi connectivity index (χ0n) is 21.6. The number of halogens is 2. The van der Waals surface area contributed by atoms with Gasteiger partial charge in [-0.2, -0.15) is 0 Å². The Balaban J connectivity index is 0.000000241. The van der Waals surface area contributed by atoms with Crippen molar-refractivity contribution in [1.29, 1.82) is 0 Å². The summed E-state index contributed by atoms with van der Waals surface area (Å²) in [5, 5.41) is 5.29. The monoisotopic (exact) mass is 606 g/mol. The predicted molar refractivity (Wildman–Crippen MR) is 143 cm³/mol. The molecule has 0 amide bonds. The van der Waals surface area contributed by atoms with Gasteiger partial charge >= 0.3 is 26.2 Å². The molecule has 0 bridgehead atoms. The van der Waals surface area contributed by atoms with Crippen LogP contribution in [-0.4, -0.2) is 0 Å². The minimum absolute atomic E-state index is 0. The van der Waals surface area contributed by atoms with Crippen molar-refractivity contribution in [3.63, 3.8) is 0 Å². The summed E-state index contributed by atoms with van der Waals surface area (Å²) >= 11 is 0. The van der Waals surface area contributed by atoms with Gasteiger partial charge in [-0.3, -0.25) is 0 Å². The van der Waals surface area contributed by atoms with Crippen LogP contribution in [0.3, 0.4) is 0 Å². The van der Waals surface area contributed by atoms with E-state index in [0.717, 1.165) is 35.9 Å². The standard InChI is InChI=1S/2C16H15O.2ClH.Zr/c2*1-3-12-5-4-6-13-9-14(10-15(12)13)16-8-7-11(2)17-16;;;/h2*4-10H,3H2,1-2H3;2*1H;/q2*-1;;;+4/p-2. The van der Waals surface area contributed by atoms with Gasteiger partial charge in [-0.15, -0.1) is 57.9 Å². The van der Waals surface area contributed by atoms with Gasteiger partial charge in [0, 0.05) is 0 Å². The second-order valence-electron chi connectivity index (χ2n) is 8.86. The molecule has 0 saturated carbocycles. The molecule has 2 nitrogen and oxygen atoms in total. The Morgan fingerprint density at radius 2 is 1.00 bits per heavy atom. The number of furan rings is 2. The number of benzene rings is 2. The summed E-state index contributed by atoms with van der Waals surface area (Å²) < 4.78 is 11.3. The van der Waals surface area contributed by atoms with Crippen LogP contribution in [-0.2, 0) is 39.0 Å². The smallest absolute Gasteiger partial charge is 1.00 e. The summed E-state index contributed by atoms with van der Waals surface area (Å²) in [6.45, 7) is 8.34. The maximum atomic E-state index is 5.67. The summed E-state index contributed by atoms with van der Waals surface area (Å²) in [6.07, 6.45) is 2.13. The maximum absolute atomic E-state index is 5.67. The fourth-order valence-corrected chi connectivity index (χ4v) is 4.68. The molecular formula is C32H30Cl2O2Zr. The van der Waals surface area contributed by atoms with Gasteiger partial charge in [-0.05, 0) is 51.0 Å². The molecule has 0 fully saturated rings. The van der Waals surface area contributed by atoms with Crippen LogP contribution in [0.1, 0.15) is 36.5 Å². The van der Waals surface area contributed by atoms with E-state index in [-0.39, 0.29) is 51.0 Å². The van der Waals surface area contributed by atoms with E-state index in [1.54, 1.807) is 0 Å². The number of aryl methyl sites for hydroxylation is 4. The zero-order chi connectivity index (χ0) is 23.7. The molecule has 2 heterocycles. The molecule has 0 spiro atoms. The fourth-order valence-electron chi connectivity index (χ4n) is 4.68. The summed E-state index contributed by atoms with van der Waals surface area (Å²) in [6, 6.07) is 29.9. The van der Waals surface area contributed by atoms with Crippen molar-refractivity contribution >= 4 is 21.5 Å². The van der Waals surface area contributed by atoms with E-state index in [2.05, 4.69) is 74.5 Å².